The van der Waals surface area contributed by atoms with Crippen LogP contribution in [-0.2, 0) is 0 Å². The Morgan fingerprint density at radius 2 is 1.89 bits per heavy atom. The highest BCUT2D eigenvalue weighted by molar-refractivity contribution is 9.11. The summed E-state index contributed by atoms with van der Waals surface area (Å²) in [6, 6.07) is 7.53. The van der Waals surface area contributed by atoms with E-state index in [1.807, 2.05) is 31.2 Å². The van der Waals surface area contributed by atoms with Crippen LogP contribution >= 0.6 is 31.9 Å². The molecule has 1 aromatic heterocycles. The number of benzene rings is 1. The zero-order chi connectivity index (χ0) is 13.1. The van der Waals surface area contributed by atoms with Gasteiger partial charge in [-0.05, 0) is 38.8 Å². The van der Waals surface area contributed by atoms with Crippen LogP contribution in [0.1, 0.15) is 6.92 Å². The molecule has 0 aliphatic heterocycles. The molecule has 6 heteroatoms. The molecule has 0 saturated heterocycles. The van der Waals surface area contributed by atoms with E-state index in [1.54, 1.807) is 11.8 Å². The highest BCUT2D eigenvalue weighted by atomic mass is 79.9. The van der Waals surface area contributed by atoms with Crippen LogP contribution in [0.3, 0.4) is 0 Å². The molecule has 0 amide bonds. The molecule has 0 saturated carbocycles. The van der Waals surface area contributed by atoms with Crippen molar-refractivity contribution in [3.8, 4) is 17.2 Å². The normalized spacial score (nSPS) is 10.4. The van der Waals surface area contributed by atoms with Crippen molar-refractivity contribution in [2.24, 2.45) is 0 Å². The van der Waals surface area contributed by atoms with Crippen LogP contribution in [0.4, 0.5) is 0 Å². The van der Waals surface area contributed by atoms with Crippen molar-refractivity contribution in [2.45, 2.75) is 6.92 Å². The van der Waals surface area contributed by atoms with Crippen molar-refractivity contribution < 1.29 is 9.47 Å². The molecular weight excluding hydrogens is 364 g/mol. The molecule has 0 fully saturated rings. The molecule has 0 N–H and O–H groups in total. The molecule has 1 heterocycles. The summed E-state index contributed by atoms with van der Waals surface area (Å²) in [4.78, 5) is 0. The lowest BCUT2D eigenvalue weighted by Gasteiger charge is -2.10. The summed E-state index contributed by atoms with van der Waals surface area (Å²) in [5.41, 5.74) is 0.871. The second-order valence-corrected chi connectivity index (χ2v) is 5.13. The average molecular weight is 376 g/mol. The topological polar surface area (TPSA) is 36.3 Å². The number of methoxy groups -OCH3 is 1. The number of rotatable bonds is 4. The highest BCUT2D eigenvalue weighted by Gasteiger charge is 2.09. The van der Waals surface area contributed by atoms with E-state index in [0.717, 1.165) is 26.4 Å². The zero-order valence-corrected chi connectivity index (χ0v) is 13.2. The van der Waals surface area contributed by atoms with Crippen LogP contribution in [0, 0.1) is 0 Å². The molecule has 0 radical (unpaired) electrons. The lowest BCUT2D eigenvalue weighted by Crippen LogP contribution is -2.00. The van der Waals surface area contributed by atoms with E-state index in [9.17, 15) is 0 Å². The second kappa shape index (κ2) is 5.75. The van der Waals surface area contributed by atoms with Gasteiger partial charge < -0.3 is 9.47 Å². The lowest BCUT2D eigenvalue weighted by molar-refractivity contribution is 0.336. The smallest absolute Gasteiger partial charge is 0.129 e. The van der Waals surface area contributed by atoms with Gasteiger partial charge in [0.1, 0.15) is 20.7 Å². The maximum Gasteiger partial charge on any atom is 0.129 e. The van der Waals surface area contributed by atoms with E-state index < -0.39 is 0 Å². The molecule has 0 unspecified atom stereocenters. The van der Waals surface area contributed by atoms with Crippen LogP contribution in [0.2, 0.25) is 0 Å². The Bertz CT molecular complexity index is 555. The Morgan fingerprint density at radius 1 is 1.17 bits per heavy atom. The molecule has 2 aromatic rings. The summed E-state index contributed by atoms with van der Waals surface area (Å²) < 4.78 is 14.1. The highest BCUT2D eigenvalue weighted by Crippen LogP contribution is 2.28. The van der Waals surface area contributed by atoms with Crippen LogP contribution in [0.5, 0.6) is 11.5 Å². The minimum Gasteiger partial charge on any atom is -0.497 e. The molecule has 4 nitrogen and oxygen atoms in total. The van der Waals surface area contributed by atoms with E-state index >= 15 is 0 Å². The van der Waals surface area contributed by atoms with Gasteiger partial charge in [0.2, 0.25) is 0 Å². The lowest BCUT2D eigenvalue weighted by atomic mass is 10.3. The summed E-state index contributed by atoms with van der Waals surface area (Å²) in [6.45, 7) is 2.55. The van der Waals surface area contributed by atoms with E-state index in [2.05, 4.69) is 37.0 Å². The zero-order valence-electron chi connectivity index (χ0n) is 9.98. The number of hydrogen-bond donors (Lipinski definition) is 0. The van der Waals surface area contributed by atoms with Crippen molar-refractivity contribution >= 4 is 31.9 Å². The first-order chi connectivity index (χ1) is 8.63. The van der Waals surface area contributed by atoms with Crippen LogP contribution in [-0.4, -0.2) is 23.5 Å². The number of halogens is 2. The molecular formula is C12H12Br2N2O2. The summed E-state index contributed by atoms with van der Waals surface area (Å²) in [5, 5.41) is 4.33. The summed E-state index contributed by atoms with van der Waals surface area (Å²) in [7, 11) is 1.63. The molecule has 0 spiro atoms. The van der Waals surface area contributed by atoms with Gasteiger partial charge in [-0.1, -0.05) is 0 Å². The monoisotopic (exact) mass is 374 g/mol. The Hall–Kier alpha value is -1.01. The quantitative estimate of drug-likeness (QED) is 0.815. The molecule has 2 rings (SSSR count). The van der Waals surface area contributed by atoms with Gasteiger partial charge in [0, 0.05) is 24.3 Å². The summed E-state index contributed by atoms with van der Waals surface area (Å²) in [5.74, 6) is 1.49. The van der Waals surface area contributed by atoms with Gasteiger partial charge in [-0.3, -0.25) is 0 Å². The summed E-state index contributed by atoms with van der Waals surface area (Å²) >= 11 is 6.79. The van der Waals surface area contributed by atoms with E-state index in [0.29, 0.717) is 6.61 Å². The molecule has 0 atom stereocenters. The number of ether oxygens (including phenoxy) is 2. The Labute approximate surface area is 122 Å². The number of hydrogen-bond acceptors (Lipinski definition) is 3. The van der Waals surface area contributed by atoms with E-state index in [1.165, 1.54) is 0 Å². The fourth-order valence-electron chi connectivity index (χ4n) is 1.56. The van der Waals surface area contributed by atoms with E-state index in [4.69, 9.17) is 9.47 Å². The second-order valence-electron chi connectivity index (χ2n) is 3.50. The molecule has 1 aromatic carbocycles. The third-order valence-corrected chi connectivity index (χ3v) is 3.24. The third kappa shape index (κ3) is 2.87. The first kappa shape index (κ1) is 13.4. The maximum atomic E-state index is 5.51. The van der Waals surface area contributed by atoms with Crippen molar-refractivity contribution in [1.82, 2.24) is 9.78 Å². The van der Waals surface area contributed by atoms with Crippen LogP contribution < -0.4 is 9.47 Å². The van der Waals surface area contributed by atoms with Gasteiger partial charge in [-0.2, -0.15) is 5.10 Å². The minimum atomic E-state index is 0.608. The van der Waals surface area contributed by atoms with Gasteiger partial charge in [0.15, 0.2) is 0 Å². The number of aromatic nitrogens is 2. The predicted octanol–water partition coefficient (Wildman–Crippen LogP) is 3.80. The first-order valence-electron chi connectivity index (χ1n) is 5.37. The SMILES string of the molecule is CCOc1cc(OC)cc(-n2nc(Br)cc2Br)c1. The standard InChI is InChI=1S/C12H12Br2N2O2/c1-3-18-10-5-8(4-9(6-10)17-2)16-12(14)7-11(13)15-16/h4-7H,3H2,1-2H3. The van der Waals surface area contributed by atoms with Crippen LogP contribution in [0.25, 0.3) is 5.69 Å². The predicted molar refractivity (Wildman–Crippen MR) is 76.7 cm³/mol. The van der Waals surface area contributed by atoms with Crippen LogP contribution in [0.15, 0.2) is 33.5 Å². The van der Waals surface area contributed by atoms with Gasteiger partial charge in [-0.25, -0.2) is 4.68 Å². The molecule has 18 heavy (non-hydrogen) atoms. The molecule has 96 valence electrons. The first-order valence-corrected chi connectivity index (χ1v) is 6.96. The fraction of sp³-hybridized carbons (Fsp3) is 0.250. The molecule has 0 aliphatic rings. The van der Waals surface area contributed by atoms with E-state index in [-0.39, 0.29) is 0 Å². The van der Waals surface area contributed by atoms with Gasteiger partial charge in [0.25, 0.3) is 0 Å². The van der Waals surface area contributed by atoms with Crippen molar-refractivity contribution in [3.63, 3.8) is 0 Å². The Morgan fingerprint density at radius 3 is 2.44 bits per heavy atom. The Kier molecular flexibility index (Phi) is 4.29. The summed E-state index contributed by atoms with van der Waals surface area (Å²) in [6.07, 6.45) is 0. The van der Waals surface area contributed by atoms with Crippen molar-refractivity contribution in [2.75, 3.05) is 13.7 Å². The Balaban J connectivity index is 2.49. The largest absolute Gasteiger partial charge is 0.497 e. The van der Waals surface area contributed by atoms with Gasteiger partial charge in [-0.15, -0.1) is 0 Å². The van der Waals surface area contributed by atoms with Crippen molar-refractivity contribution in [1.29, 1.82) is 0 Å². The fourth-order valence-corrected chi connectivity index (χ4v) is 2.74. The van der Waals surface area contributed by atoms with Gasteiger partial charge in [0.05, 0.1) is 19.4 Å². The number of nitrogens with zero attached hydrogens (tertiary/aromatic N) is 2. The van der Waals surface area contributed by atoms with Crippen molar-refractivity contribution in [3.05, 3.63) is 33.5 Å². The average Bonchev–Trinajstić information content (AvgIpc) is 2.68. The maximum absolute atomic E-state index is 5.51. The third-order valence-electron chi connectivity index (χ3n) is 2.29. The molecule has 0 bridgehead atoms. The van der Waals surface area contributed by atoms with Gasteiger partial charge >= 0.3 is 0 Å². The minimum absolute atomic E-state index is 0.608. The molecule has 0 aliphatic carbocycles.